The van der Waals surface area contributed by atoms with E-state index in [0.29, 0.717) is 16.5 Å². The number of fused-ring (bicyclic) bond motifs is 2. The van der Waals surface area contributed by atoms with Crippen LogP contribution in [0.4, 0.5) is 0 Å². The maximum atomic E-state index is 13.7. The molecule has 1 aromatic heterocycles. The number of aromatic nitrogens is 1. The quantitative estimate of drug-likeness (QED) is 0.157. The molecule has 6 N–H and O–H groups in total. The second kappa shape index (κ2) is 12.8. The molecule has 5 rings (SSSR count). The normalized spacial score (nSPS) is 15.6. The molecule has 3 aromatic rings. The Morgan fingerprint density at radius 3 is 2.00 bits per heavy atom. The zero-order valence-corrected chi connectivity index (χ0v) is 23.0. The lowest BCUT2D eigenvalue weighted by atomic mass is 9.78. The predicted octanol–water partition coefficient (Wildman–Crippen LogP) is -1.23. The Balaban J connectivity index is 1.39. The van der Waals surface area contributed by atoms with Crippen molar-refractivity contribution in [2.45, 2.75) is 44.7 Å². The number of nitrogens with one attached hydrogen (secondary N) is 3. The van der Waals surface area contributed by atoms with Crippen molar-refractivity contribution in [1.82, 2.24) is 20.9 Å². The van der Waals surface area contributed by atoms with Gasteiger partial charge >= 0.3 is 20.2 Å². The predicted molar refractivity (Wildman–Crippen MR) is 153 cm³/mol. The number of carbonyl (C=O) groups is 4. The molecular weight excluding hydrogens is 558 g/mol. The van der Waals surface area contributed by atoms with Crippen molar-refractivity contribution < 1.29 is 43.6 Å². The van der Waals surface area contributed by atoms with E-state index in [2.05, 4.69) is 20.9 Å². The van der Waals surface area contributed by atoms with E-state index in [1.807, 2.05) is 0 Å². The van der Waals surface area contributed by atoms with Crippen LogP contribution < -0.4 is 26.9 Å². The van der Waals surface area contributed by atoms with Gasteiger partial charge in [-0.05, 0) is 64.9 Å². The molecule has 3 heterocycles. The Hall–Kier alpha value is -4.56. The van der Waals surface area contributed by atoms with Crippen molar-refractivity contribution in [1.29, 1.82) is 0 Å². The van der Waals surface area contributed by atoms with E-state index in [1.54, 1.807) is 30.3 Å². The first-order valence-electron chi connectivity index (χ1n) is 13.5. The highest BCUT2D eigenvalue weighted by Gasteiger charge is 2.34. The van der Waals surface area contributed by atoms with Gasteiger partial charge in [-0.2, -0.15) is 0 Å². The molecule has 15 heteroatoms. The van der Waals surface area contributed by atoms with Gasteiger partial charge in [-0.1, -0.05) is 18.2 Å². The van der Waals surface area contributed by atoms with Gasteiger partial charge in [0.25, 0.3) is 11.8 Å². The molecule has 0 saturated carbocycles. The summed E-state index contributed by atoms with van der Waals surface area (Å²) in [6.45, 7) is 1.92. The van der Waals surface area contributed by atoms with Gasteiger partial charge in [-0.25, -0.2) is 0 Å². The average molecular weight is 586 g/mol. The number of pyridine rings is 1. The minimum Gasteiger partial charge on any atom is -0.481 e. The summed E-state index contributed by atoms with van der Waals surface area (Å²) in [5.74, 6) is -3.16. The Bertz CT molecular complexity index is 1560. The minimum atomic E-state index is -1.36. The van der Waals surface area contributed by atoms with Gasteiger partial charge in [0.2, 0.25) is 5.91 Å². The molecule has 3 amide bonds. The van der Waals surface area contributed by atoms with Gasteiger partial charge in [0.15, 0.2) is 0 Å². The van der Waals surface area contributed by atoms with Crippen LogP contribution in [0.3, 0.4) is 0 Å². The SMILES string of the molecule is C[C@H](NC(=O)c1ccc2c(c1)B(O)OC2)[C@H](NC(=O)c1ccc2c(c1)B(O)OC2)C(=O)NC(CC(=O)O)c1cccnc1. The van der Waals surface area contributed by atoms with E-state index in [4.69, 9.17) is 9.31 Å². The van der Waals surface area contributed by atoms with Crippen LogP contribution in [-0.2, 0) is 32.1 Å². The van der Waals surface area contributed by atoms with Crippen LogP contribution in [0.2, 0.25) is 0 Å². The second-order valence-corrected chi connectivity index (χ2v) is 10.3. The first-order chi connectivity index (χ1) is 20.6. The molecule has 2 aromatic carbocycles. The van der Waals surface area contributed by atoms with Gasteiger partial charge in [0.1, 0.15) is 6.04 Å². The largest absolute Gasteiger partial charge is 0.491 e. The molecule has 2 aliphatic heterocycles. The fourth-order valence-corrected chi connectivity index (χ4v) is 5.00. The van der Waals surface area contributed by atoms with Crippen LogP contribution in [0.5, 0.6) is 0 Å². The molecule has 0 bridgehead atoms. The van der Waals surface area contributed by atoms with E-state index in [-0.39, 0.29) is 24.3 Å². The fourth-order valence-electron chi connectivity index (χ4n) is 5.00. The first-order valence-corrected chi connectivity index (χ1v) is 13.5. The van der Waals surface area contributed by atoms with Gasteiger partial charge in [0.05, 0.1) is 31.7 Å². The third-order valence-electron chi connectivity index (χ3n) is 7.35. The van der Waals surface area contributed by atoms with Crippen LogP contribution >= 0.6 is 0 Å². The highest BCUT2D eigenvalue weighted by Crippen LogP contribution is 2.17. The number of aliphatic carboxylic acids is 1. The molecule has 13 nitrogen and oxygen atoms in total. The zero-order valence-electron chi connectivity index (χ0n) is 23.0. The van der Waals surface area contributed by atoms with E-state index < -0.39 is 62.5 Å². The van der Waals surface area contributed by atoms with Gasteiger partial charge in [0, 0.05) is 23.5 Å². The lowest BCUT2D eigenvalue weighted by molar-refractivity contribution is -0.137. The number of amides is 3. The van der Waals surface area contributed by atoms with Crippen LogP contribution in [-0.4, -0.2) is 70.1 Å². The summed E-state index contributed by atoms with van der Waals surface area (Å²) in [6, 6.07) is 9.21. The summed E-state index contributed by atoms with van der Waals surface area (Å²) in [4.78, 5) is 55.8. The van der Waals surface area contributed by atoms with E-state index in [0.717, 1.165) is 11.1 Å². The summed E-state index contributed by atoms with van der Waals surface area (Å²) in [6.07, 6.45) is 2.48. The molecule has 2 aliphatic rings. The number of carboxylic acids is 1. The molecule has 0 aliphatic carbocycles. The van der Waals surface area contributed by atoms with Crippen molar-refractivity contribution >= 4 is 48.9 Å². The number of benzene rings is 2. The van der Waals surface area contributed by atoms with Crippen LogP contribution in [0.1, 0.15) is 56.8 Å². The molecule has 0 saturated heterocycles. The lowest BCUT2D eigenvalue weighted by Crippen LogP contribution is -2.58. The Morgan fingerprint density at radius 1 is 0.884 bits per heavy atom. The lowest BCUT2D eigenvalue weighted by Gasteiger charge is -2.28. The maximum Gasteiger partial charge on any atom is 0.491 e. The standard InChI is InChI=1S/C28H28B2N4O9/c1-15(32-26(37)16-4-6-19-13-42-29(40)21(19)9-16)25(28(39)33-23(11-24(35)36)18-3-2-8-31-12-18)34-27(38)17-5-7-20-14-43-30(41)22(20)10-17/h2-10,12,15,23,25,40-41H,11,13-14H2,1H3,(H,32,37)(H,33,39)(H,34,38)(H,35,36)/t15-,23?,25-/m0/s1. The number of nitrogens with zero attached hydrogens (tertiary/aromatic N) is 1. The Labute approximate surface area is 246 Å². The Kier molecular flexibility index (Phi) is 8.87. The highest BCUT2D eigenvalue weighted by molar-refractivity contribution is 6.62. The van der Waals surface area contributed by atoms with Crippen molar-refractivity contribution in [3.05, 3.63) is 88.7 Å². The van der Waals surface area contributed by atoms with Crippen molar-refractivity contribution in [3.63, 3.8) is 0 Å². The smallest absolute Gasteiger partial charge is 0.481 e. The van der Waals surface area contributed by atoms with Gasteiger partial charge in [-0.3, -0.25) is 24.2 Å². The minimum absolute atomic E-state index is 0.140. The number of rotatable bonds is 10. The second-order valence-electron chi connectivity index (χ2n) is 10.3. The third-order valence-corrected chi connectivity index (χ3v) is 7.35. The molecule has 43 heavy (non-hydrogen) atoms. The van der Waals surface area contributed by atoms with Crippen LogP contribution in [0.25, 0.3) is 0 Å². The molecule has 0 spiro atoms. The van der Waals surface area contributed by atoms with Crippen molar-refractivity contribution in [3.8, 4) is 0 Å². The molecule has 220 valence electrons. The summed E-state index contributed by atoms with van der Waals surface area (Å²) in [7, 11) is -2.35. The number of carbonyl (C=O) groups excluding carboxylic acids is 3. The summed E-state index contributed by atoms with van der Waals surface area (Å²) >= 11 is 0. The average Bonchev–Trinajstić information content (AvgIpc) is 3.56. The van der Waals surface area contributed by atoms with Crippen molar-refractivity contribution in [2.75, 3.05) is 0 Å². The summed E-state index contributed by atoms with van der Waals surface area (Å²) in [5, 5.41) is 37.6. The summed E-state index contributed by atoms with van der Waals surface area (Å²) < 4.78 is 10.4. The first kappa shape index (κ1) is 29.9. The molecule has 0 radical (unpaired) electrons. The van der Waals surface area contributed by atoms with E-state index >= 15 is 0 Å². The Morgan fingerprint density at radius 2 is 1.47 bits per heavy atom. The third kappa shape index (κ3) is 6.75. The molecule has 1 unspecified atom stereocenters. The molecule has 0 fully saturated rings. The van der Waals surface area contributed by atoms with E-state index in [9.17, 15) is 34.3 Å². The number of carboxylic acid groups (broad SMARTS) is 1. The van der Waals surface area contributed by atoms with Crippen LogP contribution in [0.15, 0.2) is 60.9 Å². The van der Waals surface area contributed by atoms with Gasteiger partial charge in [-0.15, -0.1) is 0 Å². The summed E-state index contributed by atoms with van der Waals surface area (Å²) in [5.41, 5.74) is 3.12. The molecular formula is C28H28B2N4O9. The monoisotopic (exact) mass is 586 g/mol. The van der Waals surface area contributed by atoms with E-state index in [1.165, 1.54) is 37.5 Å². The zero-order chi connectivity index (χ0) is 30.7. The van der Waals surface area contributed by atoms with Crippen molar-refractivity contribution in [2.24, 2.45) is 0 Å². The number of hydrogen-bond acceptors (Lipinski definition) is 9. The van der Waals surface area contributed by atoms with Crippen LogP contribution in [0, 0.1) is 0 Å². The number of hydrogen-bond donors (Lipinski definition) is 6. The highest BCUT2D eigenvalue weighted by atomic mass is 16.5. The van der Waals surface area contributed by atoms with Gasteiger partial charge < -0.3 is 40.4 Å². The molecule has 3 atom stereocenters. The fraction of sp³-hybridized carbons (Fsp3) is 0.250. The maximum absolute atomic E-state index is 13.7. The topological polar surface area (TPSA) is 196 Å².